The van der Waals surface area contributed by atoms with Gasteiger partial charge in [0, 0.05) is 42.3 Å². The van der Waals surface area contributed by atoms with E-state index >= 15 is 4.39 Å². The molecule has 4 aromatic rings. The van der Waals surface area contributed by atoms with Crippen molar-refractivity contribution in [3.63, 3.8) is 0 Å². The average molecular weight is 533 g/mol. The minimum absolute atomic E-state index is 0.0204. The molecule has 1 saturated carbocycles. The van der Waals surface area contributed by atoms with E-state index < -0.39 is 11.7 Å². The number of carbonyl (C=O) groups excluding carboxylic acids is 1. The molecule has 2 fully saturated rings. The first-order valence-corrected chi connectivity index (χ1v) is 13.1. The van der Waals surface area contributed by atoms with E-state index in [1.54, 1.807) is 22.7 Å². The molecule has 1 amide bonds. The number of hydrogen-bond acceptors (Lipinski definition) is 6. The number of benzene rings is 1. The summed E-state index contributed by atoms with van der Waals surface area (Å²) in [6.07, 6.45) is 9.51. The van der Waals surface area contributed by atoms with E-state index in [9.17, 15) is 14.7 Å². The van der Waals surface area contributed by atoms with Crippen LogP contribution in [0.25, 0.3) is 22.4 Å². The zero-order valence-corrected chi connectivity index (χ0v) is 21.5. The lowest BCUT2D eigenvalue weighted by atomic mass is 10.0. The van der Waals surface area contributed by atoms with Crippen LogP contribution in [-0.2, 0) is 16.1 Å². The van der Waals surface area contributed by atoms with Crippen LogP contribution in [0.5, 0.6) is 0 Å². The van der Waals surface area contributed by atoms with E-state index in [-0.39, 0.29) is 35.3 Å². The number of nitrogens with zero attached hydrogens (tertiary/aromatic N) is 3. The smallest absolute Gasteiger partial charge is 0.257 e. The van der Waals surface area contributed by atoms with Crippen molar-refractivity contribution in [3.8, 4) is 11.1 Å². The molecule has 1 aliphatic carbocycles. The van der Waals surface area contributed by atoms with Gasteiger partial charge in [-0.15, -0.1) is 0 Å². The molecule has 1 aliphatic heterocycles. The van der Waals surface area contributed by atoms with Crippen LogP contribution in [0.15, 0.2) is 53.7 Å². The molecule has 1 atom stereocenters. The highest BCUT2D eigenvalue weighted by molar-refractivity contribution is 6.09. The number of aliphatic hydroxyl groups excluding tert-OH is 1. The van der Waals surface area contributed by atoms with Crippen LogP contribution in [0.1, 0.15) is 61.0 Å². The summed E-state index contributed by atoms with van der Waals surface area (Å²) in [5.41, 5.74) is 1.69. The van der Waals surface area contributed by atoms with E-state index in [1.165, 1.54) is 31.3 Å². The molecule has 1 unspecified atom stereocenters. The summed E-state index contributed by atoms with van der Waals surface area (Å²) in [5.74, 6) is -1.24. The van der Waals surface area contributed by atoms with Crippen molar-refractivity contribution >= 4 is 22.9 Å². The van der Waals surface area contributed by atoms with Crippen molar-refractivity contribution in [1.82, 2.24) is 14.2 Å². The Hall–Kier alpha value is -4.02. The molecule has 10 heteroatoms. The molecule has 2 aliphatic rings. The number of halogens is 1. The highest BCUT2D eigenvalue weighted by atomic mass is 19.1. The fraction of sp³-hybridized carbons (Fsp3) is 0.345. The first kappa shape index (κ1) is 25.3. The van der Waals surface area contributed by atoms with Crippen LogP contribution in [0.4, 0.5) is 10.1 Å². The van der Waals surface area contributed by atoms with Gasteiger partial charge in [0.25, 0.3) is 5.91 Å². The minimum Gasteiger partial charge on any atom is -0.510 e. The molecule has 0 radical (unpaired) electrons. The summed E-state index contributed by atoms with van der Waals surface area (Å²) in [6.45, 7) is 2.31. The third-order valence-corrected chi connectivity index (χ3v) is 7.15. The summed E-state index contributed by atoms with van der Waals surface area (Å²) in [6, 6.07) is 7.73. The highest BCUT2D eigenvalue weighted by Gasteiger charge is 2.26. The summed E-state index contributed by atoms with van der Waals surface area (Å²) >= 11 is 0. The molecule has 202 valence electrons. The third kappa shape index (κ3) is 5.17. The predicted molar refractivity (Wildman–Crippen MR) is 143 cm³/mol. The Bertz CT molecular complexity index is 1660. The molecule has 39 heavy (non-hydrogen) atoms. The Kier molecular flexibility index (Phi) is 6.66. The number of amides is 1. The van der Waals surface area contributed by atoms with Gasteiger partial charge in [-0.05, 0) is 62.8 Å². The van der Waals surface area contributed by atoms with Gasteiger partial charge in [0.05, 0.1) is 41.0 Å². The number of anilines is 1. The zero-order chi connectivity index (χ0) is 27.1. The number of carbonyl (C=O) groups is 1. The maximum absolute atomic E-state index is 15.9. The molecule has 1 aromatic carbocycles. The Balaban J connectivity index is 1.36. The lowest BCUT2D eigenvalue weighted by Gasteiger charge is -2.23. The number of aromatic nitrogens is 3. The van der Waals surface area contributed by atoms with Crippen LogP contribution in [0.2, 0.25) is 0 Å². The summed E-state index contributed by atoms with van der Waals surface area (Å²) < 4.78 is 30.9. The number of ether oxygens (including phenoxy) is 2. The topological polar surface area (TPSA) is 107 Å². The zero-order valence-electron chi connectivity index (χ0n) is 21.5. The number of aliphatic hydroxyl groups is 1. The van der Waals surface area contributed by atoms with Crippen LogP contribution < -0.4 is 16.1 Å². The molecular formula is C29H29FN4O5. The predicted octanol–water partition coefficient (Wildman–Crippen LogP) is 4.34. The van der Waals surface area contributed by atoms with E-state index in [4.69, 9.17) is 9.47 Å². The fourth-order valence-electron chi connectivity index (χ4n) is 4.95. The fourth-order valence-corrected chi connectivity index (χ4v) is 4.95. The van der Waals surface area contributed by atoms with Gasteiger partial charge in [-0.1, -0.05) is 0 Å². The third-order valence-electron chi connectivity index (χ3n) is 7.15. The van der Waals surface area contributed by atoms with Crippen LogP contribution >= 0.6 is 0 Å². The number of fused-ring (bicyclic) bond motifs is 1. The molecule has 2 N–H and O–H groups in total. The van der Waals surface area contributed by atoms with Gasteiger partial charge < -0.3 is 24.3 Å². The van der Waals surface area contributed by atoms with Crippen molar-refractivity contribution in [3.05, 3.63) is 81.4 Å². The number of nitrogens with one attached hydrogen (secondary N) is 1. The SMILES string of the molecule is CC(O)=c1cc(C(=O)Nc2cc(COC3CCCCO3)cc(-c3cnn(C4CC4)c3)c2F)c2cc(=O)ccn12. The lowest BCUT2D eigenvalue weighted by molar-refractivity contribution is -0.168. The van der Waals surface area contributed by atoms with Gasteiger partial charge in [0.1, 0.15) is 5.76 Å². The van der Waals surface area contributed by atoms with Gasteiger partial charge in [0.2, 0.25) is 0 Å². The Morgan fingerprint density at radius 2 is 2.08 bits per heavy atom. The van der Waals surface area contributed by atoms with E-state index in [0.29, 0.717) is 40.2 Å². The normalized spacial score (nSPS) is 18.4. The number of pyridine rings is 1. The number of hydrogen-bond donors (Lipinski definition) is 2. The van der Waals surface area contributed by atoms with Gasteiger partial charge in [-0.3, -0.25) is 14.3 Å². The molecule has 6 rings (SSSR count). The largest absolute Gasteiger partial charge is 0.510 e. The summed E-state index contributed by atoms with van der Waals surface area (Å²) in [4.78, 5) is 25.5. The maximum atomic E-state index is 15.9. The summed E-state index contributed by atoms with van der Waals surface area (Å²) in [5, 5.41) is 17.6. The lowest BCUT2D eigenvalue weighted by Crippen LogP contribution is -2.22. The van der Waals surface area contributed by atoms with Crippen LogP contribution in [0, 0.1) is 5.82 Å². The van der Waals surface area contributed by atoms with Crippen molar-refractivity contribution in [2.24, 2.45) is 0 Å². The average Bonchev–Trinajstić information content (AvgIpc) is 3.53. The Morgan fingerprint density at radius 1 is 1.23 bits per heavy atom. The molecule has 3 aromatic heterocycles. The molecule has 9 nitrogen and oxygen atoms in total. The van der Waals surface area contributed by atoms with Gasteiger partial charge in [-0.25, -0.2) is 4.39 Å². The maximum Gasteiger partial charge on any atom is 0.257 e. The second-order valence-corrected chi connectivity index (χ2v) is 10.2. The van der Waals surface area contributed by atoms with E-state index in [0.717, 1.165) is 32.1 Å². The molecule has 0 spiro atoms. The summed E-state index contributed by atoms with van der Waals surface area (Å²) in [7, 11) is 0. The second-order valence-electron chi connectivity index (χ2n) is 10.2. The van der Waals surface area contributed by atoms with Gasteiger partial charge >= 0.3 is 0 Å². The highest BCUT2D eigenvalue weighted by Crippen LogP contribution is 2.36. The van der Waals surface area contributed by atoms with Crippen molar-refractivity contribution < 1.29 is 23.8 Å². The monoisotopic (exact) mass is 532 g/mol. The Labute approximate surface area is 223 Å². The first-order valence-electron chi connectivity index (χ1n) is 13.1. The van der Waals surface area contributed by atoms with Crippen molar-refractivity contribution in [2.75, 3.05) is 11.9 Å². The standard InChI is InChI=1S/C29H29FN4O5/c1-17(35)25-13-23(26-12-21(36)7-8-33(25)26)29(37)32-24-11-18(16-39-27-4-2-3-9-38-27)10-22(28(24)30)19-14-31-34(15-19)20-5-6-20/h7-8,10-15,20,27,35H,2-6,9,16H2,1H3,(H,32,37). The first-order chi connectivity index (χ1) is 18.9. The van der Waals surface area contributed by atoms with Crippen molar-refractivity contribution in [1.29, 1.82) is 0 Å². The van der Waals surface area contributed by atoms with Gasteiger partial charge in [-0.2, -0.15) is 5.10 Å². The van der Waals surface area contributed by atoms with Gasteiger partial charge in [0.15, 0.2) is 17.5 Å². The van der Waals surface area contributed by atoms with E-state index in [1.807, 2.05) is 10.9 Å². The second kappa shape index (κ2) is 10.3. The molecule has 0 bridgehead atoms. The number of rotatable bonds is 7. The molecule has 4 heterocycles. The molecule has 1 saturated heterocycles. The Morgan fingerprint density at radius 3 is 2.82 bits per heavy atom. The van der Waals surface area contributed by atoms with E-state index in [2.05, 4.69) is 10.4 Å². The quantitative estimate of drug-likeness (QED) is 0.367. The molecular weight excluding hydrogens is 503 g/mol. The van der Waals surface area contributed by atoms with Crippen LogP contribution in [-0.4, -0.2) is 38.1 Å². The van der Waals surface area contributed by atoms with Crippen molar-refractivity contribution in [2.45, 2.75) is 58.0 Å². The minimum atomic E-state index is -0.613. The van der Waals surface area contributed by atoms with Crippen LogP contribution in [0.3, 0.4) is 0 Å².